The van der Waals surface area contributed by atoms with E-state index in [1.54, 1.807) is 0 Å². The van der Waals surface area contributed by atoms with Gasteiger partial charge in [0.05, 0.1) is 16.2 Å². The summed E-state index contributed by atoms with van der Waals surface area (Å²) in [6.45, 7) is 0. The molecular weight excluding hydrogens is 202 g/mol. The van der Waals surface area contributed by atoms with Crippen LogP contribution in [0.1, 0.15) is 10.4 Å². The molecule has 1 aromatic carbocycles. The molecule has 0 unspecified atom stereocenters. The Morgan fingerprint density at radius 3 is 2.67 bits per heavy atom. The lowest BCUT2D eigenvalue weighted by Gasteiger charge is -2.03. The van der Waals surface area contributed by atoms with Gasteiger partial charge in [-0.05, 0) is 6.07 Å². The largest absolute Gasteiger partial charge is 0.366 e. The van der Waals surface area contributed by atoms with Crippen molar-refractivity contribution in [3.8, 4) is 0 Å². The van der Waals surface area contributed by atoms with Crippen molar-refractivity contribution in [2.75, 3.05) is 5.32 Å². The molecule has 1 rings (SSSR count). The Morgan fingerprint density at radius 1 is 1.53 bits per heavy atom. The number of hydrogen-bond donors (Lipinski definition) is 2. The van der Waals surface area contributed by atoms with E-state index in [-0.39, 0.29) is 16.9 Å². The first kappa shape index (κ1) is 10.6. The fourth-order valence-electron chi connectivity index (χ4n) is 1.04. The van der Waals surface area contributed by atoms with E-state index in [1.807, 2.05) is 0 Å². The smallest absolute Gasteiger partial charge is 0.270 e. The molecule has 1 aromatic rings. The first-order chi connectivity index (χ1) is 7.06. The van der Waals surface area contributed by atoms with Crippen molar-refractivity contribution in [1.82, 2.24) is 0 Å². The lowest BCUT2D eigenvalue weighted by atomic mass is 10.1. The van der Waals surface area contributed by atoms with Crippen molar-refractivity contribution in [2.45, 2.75) is 0 Å². The molecule has 0 saturated carbocycles. The summed E-state index contributed by atoms with van der Waals surface area (Å²) >= 11 is 0. The number of amides is 2. The van der Waals surface area contributed by atoms with Crippen molar-refractivity contribution >= 4 is 23.7 Å². The summed E-state index contributed by atoms with van der Waals surface area (Å²) in [5.41, 5.74) is 4.77. The van der Waals surface area contributed by atoms with Gasteiger partial charge in [-0.2, -0.15) is 0 Å². The molecule has 0 saturated heterocycles. The van der Waals surface area contributed by atoms with Crippen LogP contribution in [0.2, 0.25) is 0 Å². The number of carbonyl (C=O) groups excluding carboxylic acids is 2. The molecule has 0 radical (unpaired) electrons. The number of anilines is 1. The molecule has 0 atom stereocenters. The molecule has 78 valence electrons. The number of non-ortho nitro benzene ring substituents is 1. The van der Waals surface area contributed by atoms with Crippen LogP contribution in [0.4, 0.5) is 11.4 Å². The first-order valence-corrected chi connectivity index (χ1v) is 3.84. The Labute approximate surface area is 84.0 Å². The van der Waals surface area contributed by atoms with Gasteiger partial charge >= 0.3 is 0 Å². The Morgan fingerprint density at radius 2 is 2.20 bits per heavy atom. The third-order valence-electron chi connectivity index (χ3n) is 1.69. The molecule has 0 aromatic heterocycles. The zero-order valence-electron chi connectivity index (χ0n) is 7.47. The van der Waals surface area contributed by atoms with Crippen LogP contribution in [-0.2, 0) is 4.79 Å². The van der Waals surface area contributed by atoms with E-state index in [0.717, 1.165) is 12.1 Å². The summed E-state index contributed by atoms with van der Waals surface area (Å²) in [5.74, 6) is -0.844. The number of benzene rings is 1. The molecular formula is C8H7N3O4. The van der Waals surface area contributed by atoms with Crippen molar-refractivity contribution in [2.24, 2.45) is 5.73 Å². The fourth-order valence-corrected chi connectivity index (χ4v) is 1.04. The van der Waals surface area contributed by atoms with E-state index in [1.165, 1.54) is 6.07 Å². The maximum absolute atomic E-state index is 10.9. The fraction of sp³-hybridized carbons (Fsp3) is 0. The Balaban J connectivity index is 3.26. The highest BCUT2D eigenvalue weighted by Gasteiger charge is 2.13. The molecule has 2 amide bonds. The summed E-state index contributed by atoms with van der Waals surface area (Å²) < 4.78 is 0. The van der Waals surface area contributed by atoms with Gasteiger partial charge in [0.2, 0.25) is 6.41 Å². The normalized spacial score (nSPS) is 9.33. The quantitative estimate of drug-likeness (QED) is 0.420. The minimum Gasteiger partial charge on any atom is -0.366 e. The van der Waals surface area contributed by atoms with Gasteiger partial charge in [0, 0.05) is 12.1 Å². The highest BCUT2D eigenvalue weighted by molar-refractivity contribution is 6.00. The summed E-state index contributed by atoms with van der Waals surface area (Å²) in [5, 5.41) is 12.6. The Kier molecular flexibility index (Phi) is 2.97. The van der Waals surface area contributed by atoms with E-state index >= 15 is 0 Å². The van der Waals surface area contributed by atoms with Crippen molar-refractivity contribution < 1.29 is 14.5 Å². The first-order valence-electron chi connectivity index (χ1n) is 3.84. The Hall–Kier alpha value is -2.44. The van der Waals surface area contributed by atoms with E-state index in [2.05, 4.69) is 5.32 Å². The van der Waals surface area contributed by atoms with E-state index in [0.29, 0.717) is 6.41 Å². The lowest BCUT2D eigenvalue weighted by Crippen LogP contribution is -2.14. The zero-order chi connectivity index (χ0) is 11.4. The molecule has 7 nitrogen and oxygen atoms in total. The van der Waals surface area contributed by atoms with E-state index in [9.17, 15) is 19.7 Å². The predicted octanol–water partition coefficient (Wildman–Crippen LogP) is 0.262. The van der Waals surface area contributed by atoms with Crippen LogP contribution in [0.25, 0.3) is 0 Å². The SMILES string of the molecule is NC(=O)c1cc([N+](=O)[O-])ccc1NC=O. The number of hydrogen-bond acceptors (Lipinski definition) is 4. The van der Waals surface area contributed by atoms with Crippen LogP contribution in [0.15, 0.2) is 18.2 Å². The van der Waals surface area contributed by atoms with Gasteiger partial charge in [-0.15, -0.1) is 0 Å². The number of carbonyl (C=O) groups is 2. The average Bonchev–Trinajstić information content (AvgIpc) is 2.18. The number of nitrogens with one attached hydrogen (secondary N) is 1. The minimum atomic E-state index is -0.844. The van der Waals surface area contributed by atoms with Gasteiger partial charge in [0.15, 0.2) is 0 Å². The molecule has 0 bridgehead atoms. The van der Waals surface area contributed by atoms with Crippen LogP contribution in [0.3, 0.4) is 0 Å². The summed E-state index contributed by atoms with van der Waals surface area (Å²) in [4.78, 5) is 30.8. The number of nitro benzene ring substituents is 1. The number of nitrogens with zero attached hydrogens (tertiary/aromatic N) is 1. The zero-order valence-corrected chi connectivity index (χ0v) is 7.47. The third-order valence-corrected chi connectivity index (χ3v) is 1.69. The lowest BCUT2D eigenvalue weighted by molar-refractivity contribution is -0.384. The van der Waals surface area contributed by atoms with Crippen molar-refractivity contribution in [3.05, 3.63) is 33.9 Å². The van der Waals surface area contributed by atoms with Crippen LogP contribution in [-0.4, -0.2) is 17.2 Å². The number of primary amides is 1. The van der Waals surface area contributed by atoms with Gasteiger partial charge in [0.25, 0.3) is 11.6 Å². The monoisotopic (exact) mass is 209 g/mol. The van der Waals surface area contributed by atoms with Crippen molar-refractivity contribution in [3.63, 3.8) is 0 Å². The van der Waals surface area contributed by atoms with Crippen molar-refractivity contribution in [1.29, 1.82) is 0 Å². The number of nitrogens with two attached hydrogens (primary N) is 1. The number of nitro groups is 1. The summed E-state index contributed by atoms with van der Waals surface area (Å²) in [7, 11) is 0. The van der Waals surface area contributed by atoms with Gasteiger partial charge in [0.1, 0.15) is 0 Å². The van der Waals surface area contributed by atoms with Gasteiger partial charge in [-0.3, -0.25) is 19.7 Å². The van der Waals surface area contributed by atoms with Gasteiger partial charge in [-0.25, -0.2) is 0 Å². The molecule has 0 aliphatic rings. The highest BCUT2D eigenvalue weighted by Crippen LogP contribution is 2.21. The highest BCUT2D eigenvalue weighted by atomic mass is 16.6. The second kappa shape index (κ2) is 4.18. The Bertz CT molecular complexity index is 430. The second-order valence-corrected chi connectivity index (χ2v) is 2.61. The minimum absolute atomic E-state index is 0.101. The summed E-state index contributed by atoms with van der Waals surface area (Å²) in [6, 6.07) is 3.42. The van der Waals surface area contributed by atoms with Crippen LogP contribution >= 0.6 is 0 Å². The second-order valence-electron chi connectivity index (χ2n) is 2.61. The standard InChI is InChI=1S/C8H7N3O4/c9-8(13)6-3-5(11(14)15)1-2-7(6)10-4-12/h1-4H,(H2,9,13)(H,10,12). The van der Waals surface area contributed by atoms with E-state index < -0.39 is 10.8 Å². The van der Waals surface area contributed by atoms with Crippen LogP contribution < -0.4 is 11.1 Å². The maximum Gasteiger partial charge on any atom is 0.270 e. The van der Waals surface area contributed by atoms with Gasteiger partial charge < -0.3 is 11.1 Å². The maximum atomic E-state index is 10.9. The molecule has 7 heteroatoms. The third kappa shape index (κ3) is 2.27. The summed E-state index contributed by atoms with van der Waals surface area (Å²) in [6.07, 6.45) is 0.355. The molecule has 0 fully saturated rings. The average molecular weight is 209 g/mol. The predicted molar refractivity (Wildman–Crippen MR) is 51.3 cm³/mol. The number of rotatable bonds is 4. The molecule has 3 N–H and O–H groups in total. The molecule has 0 heterocycles. The molecule has 15 heavy (non-hydrogen) atoms. The van der Waals surface area contributed by atoms with E-state index in [4.69, 9.17) is 5.73 Å². The van der Waals surface area contributed by atoms with Crippen LogP contribution in [0, 0.1) is 10.1 Å². The van der Waals surface area contributed by atoms with Gasteiger partial charge in [-0.1, -0.05) is 0 Å². The molecule has 0 aliphatic carbocycles. The topological polar surface area (TPSA) is 115 Å². The molecule has 0 spiro atoms. The van der Waals surface area contributed by atoms with Crippen LogP contribution in [0.5, 0.6) is 0 Å². The molecule has 0 aliphatic heterocycles.